The zero-order valence-corrected chi connectivity index (χ0v) is 11.2. The molecule has 0 spiro atoms. The molecule has 0 aromatic heterocycles. The highest BCUT2D eigenvalue weighted by Crippen LogP contribution is 2.33. The first-order chi connectivity index (χ1) is 8.43. The molecule has 4 nitrogen and oxygen atoms in total. The van der Waals surface area contributed by atoms with Crippen molar-refractivity contribution in [3.63, 3.8) is 0 Å². The van der Waals surface area contributed by atoms with Crippen molar-refractivity contribution in [2.75, 3.05) is 12.3 Å². The van der Waals surface area contributed by atoms with Crippen LogP contribution in [0.4, 0.5) is 14.5 Å². The van der Waals surface area contributed by atoms with Crippen molar-refractivity contribution in [3.8, 4) is 5.75 Å². The molecule has 7 heteroatoms. The van der Waals surface area contributed by atoms with E-state index in [4.69, 9.17) is 10.5 Å². The molecular formula is C11H12BrF2NO3. The minimum atomic E-state index is -2.98. The van der Waals surface area contributed by atoms with Gasteiger partial charge in [0.25, 0.3) is 0 Å². The number of rotatable bonds is 5. The lowest BCUT2D eigenvalue weighted by Gasteiger charge is -2.13. The van der Waals surface area contributed by atoms with Crippen molar-refractivity contribution in [2.45, 2.75) is 20.0 Å². The molecule has 0 atom stereocenters. The summed E-state index contributed by atoms with van der Waals surface area (Å²) in [5.41, 5.74) is 6.17. The van der Waals surface area contributed by atoms with Gasteiger partial charge >= 0.3 is 12.6 Å². The lowest BCUT2D eigenvalue weighted by molar-refractivity contribution is -0.142. The summed E-state index contributed by atoms with van der Waals surface area (Å²) in [4.78, 5) is 11.4. The second kappa shape index (κ2) is 6.53. The second-order valence-corrected chi connectivity index (χ2v) is 4.21. The Morgan fingerprint density at radius 1 is 1.50 bits per heavy atom. The number of nitrogens with two attached hydrogens (primary N) is 1. The average molecular weight is 324 g/mol. The minimum absolute atomic E-state index is 0.104. The Balaban J connectivity index is 3.03. The summed E-state index contributed by atoms with van der Waals surface area (Å²) in [6.07, 6.45) is -0.181. The molecule has 0 amide bonds. The molecule has 2 N–H and O–H groups in total. The summed E-state index contributed by atoms with van der Waals surface area (Å²) in [7, 11) is 0. The standard InChI is InChI=1S/C11H12BrF2NO3/c1-2-17-9(16)4-6-3-7(15)5-8(12)10(6)18-11(13)14/h3,5,11H,2,4,15H2,1H3. The Bertz CT molecular complexity index is 441. The number of hydrogen-bond donors (Lipinski definition) is 1. The van der Waals surface area contributed by atoms with E-state index >= 15 is 0 Å². The molecule has 1 aromatic rings. The van der Waals surface area contributed by atoms with Gasteiger partial charge in [0.05, 0.1) is 17.5 Å². The Labute approximate surface area is 111 Å². The van der Waals surface area contributed by atoms with Crippen LogP contribution in [0, 0.1) is 0 Å². The Hall–Kier alpha value is -1.37. The van der Waals surface area contributed by atoms with E-state index in [1.54, 1.807) is 6.92 Å². The molecule has 100 valence electrons. The normalized spacial score (nSPS) is 10.5. The van der Waals surface area contributed by atoms with E-state index in [1.807, 2.05) is 0 Å². The van der Waals surface area contributed by atoms with Crippen LogP contribution < -0.4 is 10.5 Å². The van der Waals surface area contributed by atoms with E-state index in [0.29, 0.717) is 5.69 Å². The summed E-state index contributed by atoms with van der Waals surface area (Å²) in [6.45, 7) is -1.11. The van der Waals surface area contributed by atoms with Gasteiger partial charge in [-0.3, -0.25) is 4.79 Å². The van der Waals surface area contributed by atoms with Gasteiger partial charge in [-0.15, -0.1) is 0 Å². The van der Waals surface area contributed by atoms with Gasteiger partial charge in [0.1, 0.15) is 5.75 Å². The highest BCUT2D eigenvalue weighted by atomic mass is 79.9. The fraction of sp³-hybridized carbons (Fsp3) is 0.364. The first-order valence-corrected chi connectivity index (χ1v) is 5.91. The van der Waals surface area contributed by atoms with Crippen LogP contribution in [0.15, 0.2) is 16.6 Å². The Morgan fingerprint density at radius 3 is 2.72 bits per heavy atom. The van der Waals surface area contributed by atoms with Gasteiger partial charge in [-0.05, 0) is 35.0 Å². The lowest BCUT2D eigenvalue weighted by Crippen LogP contribution is -2.11. The topological polar surface area (TPSA) is 61.5 Å². The molecule has 0 bridgehead atoms. The predicted octanol–water partition coefficient (Wildman–Crippen LogP) is 2.74. The molecule has 0 saturated carbocycles. The number of hydrogen-bond acceptors (Lipinski definition) is 4. The molecular weight excluding hydrogens is 312 g/mol. The van der Waals surface area contributed by atoms with Crippen LogP contribution in [0.3, 0.4) is 0 Å². The molecule has 0 fully saturated rings. The van der Waals surface area contributed by atoms with Crippen LogP contribution in [0.1, 0.15) is 12.5 Å². The van der Waals surface area contributed by atoms with E-state index < -0.39 is 12.6 Å². The summed E-state index contributed by atoms with van der Waals surface area (Å²) in [6, 6.07) is 2.83. The fourth-order valence-corrected chi connectivity index (χ4v) is 2.01. The van der Waals surface area contributed by atoms with Crippen LogP contribution in [-0.2, 0) is 16.0 Å². The smallest absolute Gasteiger partial charge is 0.387 e. The van der Waals surface area contributed by atoms with Crippen molar-refractivity contribution in [3.05, 3.63) is 22.2 Å². The highest BCUT2D eigenvalue weighted by Gasteiger charge is 2.17. The highest BCUT2D eigenvalue weighted by molar-refractivity contribution is 9.10. The van der Waals surface area contributed by atoms with Crippen molar-refractivity contribution < 1.29 is 23.0 Å². The maximum atomic E-state index is 12.3. The van der Waals surface area contributed by atoms with Crippen molar-refractivity contribution in [2.24, 2.45) is 0 Å². The van der Waals surface area contributed by atoms with Crippen molar-refractivity contribution in [1.29, 1.82) is 0 Å². The largest absolute Gasteiger partial charge is 0.466 e. The van der Waals surface area contributed by atoms with E-state index in [2.05, 4.69) is 20.7 Å². The average Bonchev–Trinajstić information content (AvgIpc) is 2.23. The number of halogens is 3. The number of ether oxygens (including phenoxy) is 2. The number of benzene rings is 1. The molecule has 0 aliphatic heterocycles. The third kappa shape index (κ3) is 4.14. The fourth-order valence-electron chi connectivity index (χ4n) is 1.39. The minimum Gasteiger partial charge on any atom is -0.466 e. The number of carbonyl (C=O) groups is 1. The summed E-state index contributed by atoms with van der Waals surface area (Å²) < 4.78 is 33.9. The maximum Gasteiger partial charge on any atom is 0.387 e. The Morgan fingerprint density at radius 2 is 2.17 bits per heavy atom. The predicted molar refractivity (Wildman–Crippen MR) is 65.5 cm³/mol. The summed E-state index contributed by atoms with van der Waals surface area (Å²) in [5.74, 6) is -0.638. The molecule has 0 unspecified atom stereocenters. The van der Waals surface area contributed by atoms with Gasteiger partial charge < -0.3 is 15.2 Å². The number of nitrogen functional groups attached to an aromatic ring is 1. The first-order valence-electron chi connectivity index (χ1n) is 5.12. The van der Waals surface area contributed by atoms with Crippen molar-refractivity contribution in [1.82, 2.24) is 0 Å². The summed E-state index contributed by atoms with van der Waals surface area (Å²) in [5, 5.41) is 0. The lowest BCUT2D eigenvalue weighted by atomic mass is 10.1. The molecule has 0 saturated heterocycles. The Kier molecular flexibility index (Phi) is 5.33. The molecule has 0 heterocycles. The number of alkyl halides is 2. The van der Waals surface area contributed by atoms with Gasteiger partial charge in [0.15, 0.2) is 0 Å². The monoisotopic (exact) mass is 323 g/mol. The number of carbonyl (C=O) groups excluding carboxylic acids is 1. The number of anilines is 1. The van der Waals surface area contributed by atoms with Crippen LogP contribution >= 0.6 is 15.9 Å². The van der Waals surface area contributed by atoms with E-state index in [-0.39, 0.29) is 28.8 Å². The van der Waals surface area contributed by atoms with Crippen molar-refractivity contribution >= 4 is 27.6 Å². The van der Waals surface area contributed by atoms with Gasteiger partial charge in [-0.25, -0.2) is 0 Å². The van der Waals surface area contributed by atoms with Crippen LogP contribution in [-0.4, -0.2) is 19.2 Å². The van der Waals surface area contributed by atoms with Gasteiger partial charge in [0.2, 0.25) is 0 Å². The zero-order valence-electron chi connectivity index (χ0n) is 9.58. The molecule has 1 rings (SSSR count). The molecule has 0 aliphatic rings. The third-order valence-corrected chi connectivity index (χ3v) is 2.58. The molecule has 0 aliphatic carbocycles. The summed E-state index contributed by atoms with van der Waals surface area (Å²) >= 11 is 3.06. The van der Waals surface area contributed by atoms with Crippen LogP contribution in [0.5, 0.6) is 5.75 Å². The van der Waals surface area contributed by atoms with E-state index in [0.717, 1.165) is 0 Å². The first kappa shape index (κ1) is 14.7. The molecule has 18 heavy (non-hydrogen) atoms. The quantitative estimate of drug-likeness (QED) is 0.668. The number of esters is 1. The molecule has 0 radical (unpaired) electrons. The van der Waals surface area contributed by atoms with Crippen LogP contribution in [0.25, 0.3) is 0 Å². The SMILES string of the molecule is CCOC(=O)Cc1cc(N)cc(Br)c1OC(F)F. The van der Waals surface area contributed by atoms with Gasteiger partial charge in [-0.1, -0.05) is 0 Å². The van der Waals surface area contributed by atoms with E-state index in [1.165, 1.54) is 12.1 Å². The maximum absolute atomic E-state index is 12.3. The van der Waals surface area contributed by atoms with Gasteiger partial charge in [0, 0.05) is 11.3 Å². The second-order valence-electron chi connectivity index (χ2n) is 3.35. The van der Waals surface area contributed by atoms with E-state index in [9.17, 15) is 13.6 Å². The molecule has 1 aromatic carbocycles. The zero-order chi connectivity index (χ0) is 13.7. The van der Waals surface area contributed by atoms with Gasteiger partial charge in [-0.2, -0.15) is 8.78 Å². The van der Waals surface area contributed by atoms with Crippen LogP contribution in [0.2, 0.25) is 0 Å². The third-order valence-electron chi connectivity index (χ3n) is 1.99.